The number of halogens is 1. The van der Waals surface area contributed by atoms with Crippen molar-refractivity contribution < 1.29 is 0 Å². The van der Waals surface area contributed by atoms with Crippen LogP contribution in [0.2, 0.25) is 5.02 Å². The van der Waals surface area contributed by atoms with E-state index in [2.05, 4.69) is 19.2 Å². The number of benzene rings is 1. The van der Waals surface area contributed by atoms with Crippen molar-refractivity contribution in [2.24, 2.45) is 5.73 Å². The van der Waals surface area contributed by atoms with E-state index in [1.165, 1.54) is 25.7 Å². The minimum absolute atomic E-state index is 0.378. The van der Waals surface area contributed by atoms with E-state index < -0.39 is 0 Å². The predicted octanol–water partition coefficient (Wildman–Crippen LogP) is 4.75. The molecule has 0 aliphatic heterocycles. The highest BCUT2D eigenvalue weighted by atomic mass is 35.5. The summed E-state index contributed by atoms with van der Waals surface area (Å²) in [6.45, 7) is 4.41. The van der Waals surface area contributed by atoms with Crippen molar-refractivity contribution in [1.29, 1.82) is 0 Å². The first-order valence-electron chi connectivity index (χ1n) is 6.90. The summed E-state index contributed by atoms with van der Waals surface area (Å²) in [7, 11) is 0. The monoisotopic (exact) mass is 298 g/mol. The molecule has 0 saturated carbocycles. The van der Waals surface area contributed by atoms with Gasteiger partial charge in [-0.15, -0.1) is 0 Å². The fraction of sp³-hybridized carbons (Fsp3) is 0.533. The summed E-state index contributed by atoms with van der Waals surface area (Å²) in [6.07, 6.45) is 6.28. The molecule has 0 spiro atoms. The van der Waals surface area contributed by atoms with Gasteiger partial charge in [-0.05, 0) is 31.5 Å². The normalized spacial score (nSPS) is 12.2. The first-order valence-corrected chi connectivity index (χ1v) is 7.69. The van der Waals surface area contributed by atoms with Crippen molar-refractivity contribution in [1.82, 2.24) is 0 Å². The average Bonchev–Trinajstić information content (AvgIpc) is 2.36. The van der Waals surface area contributed by atoms with Gasteiger partial charge in [0.05, 0.1) is 0 Å². The fourth-order valence-corrected chi connectivity index (χ4v) is 2.40. The third-order valence-electron chi connectivity index (χ3n) is 3.14. The lowest BCUT2D eigenvalue weighted by Crippen LogP contribution is -2.19. The summed E-state index contributed by atoms with van der Waals surface area (Å²) >= 11 is 11.0. The van der Waals surface area contributed by atoms with E-state index in [1.54, 1.807) is 0 Å². The smallest absolute Gasteiger partial charge is 0.106 e. The van der Waals surface area contributed by atoms with Gasteiger partial charge < -0.3 is 11.1 Å². The number of nitrogens with one attached hydrogen (secondary N) is 1. The van der Waals surface area contributed by atoms with Gasteiger partial charge in [0.15, 0.2) is 0 Å². The minimum Gasteiger partial charge on any atom is -0.389 e. The summed E-state index contributed by atoms with van der Waals surface area (Å²) in [5.41, 5.74) is 7.53. The lowest BCUT2D eigenvalue weighted by molar-refractivity contribution is 0.594. The van der Waals surface area contributed by atoms with Crippen LogP contribution in [-0.4, -0.2) is 11.0 Å². The number of thiocarbonyl (C=S) groups is 1. The largest absolute Gasteiger partial charge is 0.389 e. The number of rotatable bonds is 8. The molecular formula is C15H23ClN2S. The molecular weight excluding hydrogens is 276 g/mol. The Hall–Kier alpha value is -0.800. The molecule has 0 aliphatic carbocycles. The van der Waals surface area contributed by atoms with Gasteiger partial charge in [-0.3, -0.25) is 0 Å². The molecule has 0 amide bonds. The second kappa shape index (κ2) is 8.39. The minimum atomic E-state index is 0.378. The summed E-state index contributed by atoms with van der Waals surface area (Å²) in [5.74, 6) is 0. The lowest BCUT2D eigenvalue weighted by atomic mass is 10.1. The number of hydrogen-bond donors (Lipinski definition) is 2. The first kappa shape index (κ1) is 16.3. The number of nitrogens with two attached hydrogens (primary N) is 1. The Kier molecular flexibility index (Phi) is 7.17. The predicted molar refractivity (Wildman–Crippen MR) is 89.2 cm³/mol. The van der Waals surface area contributed by atoms with Crippen molar-refractivity contribution >= 4 is 34.5 Å². The van der Waals surface area contributed by atoms with E-state index >= 15 is 0 Å². The average molecular weight is 299 g/mol. The van der Waals surface area contributed by atoms with Gasteiger partial charge in [-0.1, -0.05) is 56.4 Å². The molecule has 0 fully saturated rings. The van der Waals surface area contributed by atoms with E-state index in [0.29, 0.717) is 16.1 Å². The first-order chi connectivity index (χ1) is 9.04. The molecule has 0 aromatic heterocycles. The zero-order valence-electron chi connectivity index (χ0n) is 11.7. The zero-order valence-corrected chi connectivity index (χ0v) is 13.3. The maximum atomic E-state index is 5.97. The van der Waals surface area contributed by atoms with Crippen molar-refractivity contribution in [2.75, 3.05) is 5.32 Å². The van der Waals surface area contributed by atoms with Gasteiger partial charge in [-0.2, -0.15) is 0 Å². The summed E-state index contributed by atoms with van der Waals surface area (Å²) in [5, 5.41) is 4.13. The van der Waals surface area contributed by atoms with Crippen molar-refractivity contribution in [3.63, 3.8) is 0 Å². The van der Waals surface area contributed by atoms with E-state index in [1.807, 2.05) is 18.2 Å². The van der Waals surface area contributed by atoms with Gasteiger partial charge in [0.2, 0.25) is 0 Å². The van der Waals surface area contributed by atoms with Crippen molar-refractivity contribution in [3.8, 4) is 0 Å². The maximum Gasteiger partial charge on any atom is 0.106 e. The summed E-state index contributed by atoms with van der Waals surface area (Å²) in [6, 6.07) is 6.02. The molecule has 0 radical (unpaired) electrons. The molecule has 1 atom stereocenters. The van der Waals surface area contributed by atoms with E-state index in [4.69, 9.17) is 29.6 Å². The van der Waals surface area contributed by atoms with Crippen LogP contribution >= 0.6 is 23.8 Å². The third-order valence-corrected chi connectivity index (χ3v) is 3.59. The van der Waals surface area contributed by atoms with Gasteiger partial charge in [0.1, 0.15) is 4.99 Å². The van der Waals surface area contributed by atoms with E-state index in [-0.39, 0.29) is 0 Å². The second-order valence-corrected chi connectivity index (χ2v) is 5.83. The molecule has 0 bridgehead atoms. The lowest BCUT2D eigenvalue weighted by Gasteiger charge is -2.18. The SMILES string of the molecule is CCCCCCC(C)Nc1ccc(Cl)cc1C(N)=S. The highest BCUT2D eigenvalue weighted by Gasteiger charge is 2.09. The van der Waals surface area contributed by atoms with Crippen LogP contribution in [0.3, 0.4) is 0 Å². The Bertz CT molecular complexity index is 421. The quantitative estimate of drug-likeness (QED) is 0.537. The maximum absolute atomic E-state index is 5.97. The van der Waals surface area contributed by atoms with Crippen LogP contribution in [0.25, 0.3) is 0 Å². The highest BCUT2D eigenvalue weighted by molar-refractivity contribution is 7.80. The van der Waals surface area contributed by atoms with Gasteiger partial charge in [0.25, 0.3) is 0 Å². The molecule has 1 unspecified atom stereocenters. The van der Waals surface area contributed by atoms with E-state index in [0.717, 1.165) is 17.7 Å². The molecule has 0 heterocycles. The Morgan fingerprint density at radius 2 is 2.11 bits per heavy atom. The Labute approximate surface area is 126 Å². The van der Waals surface area contributed by atoms with Crippen LogP contribution in [0.1, 0.15) is 51.5 Å². The fourth-order valence-electron chi connectivity index (χ4n) is 2.06. The Balaban J connectivity index is 2.58. The molecule has 0 aliphatic rings. The van der Waals surface area contributed by atoms with Crippen molar-refractivity contribution in [3.05, 3.63) is 28.8 Å². The van der Waals surface area contributed by atoms with Crippen molar-refractivity contribution in [2.45, 2.75) is 52.0 Å². The zero-order chi connectivity index (χ0) is 14.3. The molecule has 3 N–H and O–H groups in total. The van der Waals surface area contributed by atoms with Gasteiger partial charge >= 0.3 is 0 Å². The number of hydrogen-bond acceptors (Lipinski definition) is 2. The number of unbranched alkanes of at least 4 members (excludes halogenated alkanes) is 3. The molecule has 106 valence electrons. The molecule has 2 nitrogen and oxygen atoms in total. The third kappa shape index (κ3) is 5.79. The summed E-state index contributed by atoms with van der Waals surface area (Å²) < 4.78 is 0. The molecule has 1 aromatic rings. The van der Waals surface area contributed by atoms with Crippen LogP contribution in [0.15, 0.2) is 18.2 Å². The molecule has 1 aromatic carbocycles. The van der Waals surface area contributed by atoms with Crippen LogP contribution in [0.4, 0.5) is 5.69 Å². The van der Waals surface area contributed by atoms with Crippen LogP contribution in [-0.2, 0) is 0 Å². The Morgan fingerprint density at radius 3 is 2.74 bits per heavy atom. The second-order valence-electron chi connectivity index (χ2n) is 4.95. The number of anilines is 1. The Morgan fingerprint density at radius 1 is 1.37 bits per heavy atom. The van der Waals surface area contributed by atoms with Crippen LogP contribution in [0, 0.1) is 0 Å². The van der Waals surface area contributed by atoms with Gasteiger partial charge in [0, 0.05) is 22.3 Å². The molecule has 0 saturated heterocycles. The van der Waals surface area contributed by atoms with Gasteiger partial charge in [-0.25, -0.2) is 0 Å². The highest BCUT2D eigenvalue weighted by Crippen LogP contribution is 2.22. The van der Waals surface area contributed by atoms with Crippen LogP contribution in [0.5, 0.6) is 0 Å². The topological polar surface area (TPSA) is 38.0 Å². The van der Waals surface area contributed by atoms with Crippen LogP contribution < -0.4 is 11.1 Å². The molecule has 1 rings (SSSR count). The molecule has 4 heteroatoms. The standard InChI is InChI=1S/C15H23ClN2S/c1-3-4-5-6-7-11(2)18-14-9-8-12(16)10-13(14)15(17)19/h8-11,18H,3-7H2,1-2H3,(H2,17,19). The summed E-state index contributed by atoms with van der Waals surface area (Å²) in [4.78, 5) is 0.378. The van der Waals surface area contributed by atoms with E-state index in [9.17, 15) is 0 Å². The molecule has 19 heavy (non-hydrogen) atoms.